The summed E-state index contributed by atoms with van der Waals surface area (Å²) in [6.07, 6.45) is 0.222. The van der Waals surface area contributed by atoms with Gasteiger partial charge in [0, 0.05) is 45.7 Å². The molecule has 0 saturated carbocycles. The van der Waals surface area contributed by atoms with Crippen LogP contribution in [0.3, 0.4) is 0 Å². The van der Waals surface area contributed by atoms with Crippen LogP contribution in [-0.2, 0) is 14.9 Å². The molecule has 1 aliphatic heterocycles. The Morgan fingerprint density at radius 2 is 1.50 bits per heavy atom. The van der Waals surface area contributed by atoms with Crippen LogP contribution in [0.2, 0.25) is 0 Å². The molecule has 1 saturated heterocycles. The van der Waals surface area contributed by atoms with Gasteiger partial charge in [-0.15, -0.1) is 0 Å². The van der Waals surface area contributed by atoms with E-state index in [0.29, 0.717) is 13.1 Å². The van der Waals surface area contributed by atoms with Gasteiger partial charge in [0.2, 0.25) is 0 Å². The standard InChI is InChI=1S/C8H18N2O4S.C3H6O2/c11-7-5-9-1-3-10(4-2-9)6-8-15(12,13)14;1-2-3(4)5/h11H,1-8H2,(H,12,13,14);2H2,1H3,(H,4,5). The Labute approximate surface area is 119 Å². The van der Waals surface area contributed by atoms with E-state index in [-0.39, 0.29) is 18.8 Å². The molecule has 9 heteroatoms. The van der Waals surface area contributed by atoms with E-state index in [1.165, 1.54) is 0 Å². The number of hydrogen-bond donors (Lipinski definition) is 3. The second kappa shape index (κ2) is 10.1. The van der Waals surface area contributed by atoms with Crippen molar-refractivity contribution in [2.24, 2.45) is 0 Å². The first kappa shape index (κ1) is 19.3. The van der Waals surface area contributed by atoms with Crippen molar-refractivity contribution in [2.75, 3.05) is 51.6 Å². The zero-order valence-electron chi connectivity index (χ0n) is 11.7. The fourth-order valence-electron chi connectivity index (χ4n) is 1.62. The second-order valence-corrected chi connectivity index (χ2v) is 6.01. The van der Waals surface area contributed by atoms with Crippen molar-refractivity contribution in [1.29, 1.82) is 0 Å². The molecule has 0 bridgehead atoms. The minimum absolute atomic E-state index is 0.158. The molecule has 0 unspecified atom stereocenters. The molecule has 20 heavy (non-hydrogen) atoms. The summed E-state index contributed by atoms with van der Waals surface area (Å²) in [5.74, 6) is -0.947. The molecule has 1 rings (SSSR count). The van der Waals surface area contributed by atoms with Crippen LogP contribution in [0, 0.1) is 0 Å². The lowest BCUT2D eigenvalue weighted by atomic mass is 10.3. The average molecular weight is 312 g/mol. The number of rotatable bonds is 6. The van der Waals surface area contributed by atoms with E-state index in [4.69, 9.17) is 14.8 Å². The third-order valence-corrected chi connectivity index (χ3v) is 3.55. The van der Waals surface area contributed by atoms with Gasteiger partial charge in [0.25, 0.3) is 10.1 Å². The minimum Gasteiger partial charge on any atom is -0.481 e. The Kier molecular flexibility index (Phi) is 9.68. The quantitative estimate of drug-likeness (QED) is 0.533. The number of carboxylic acids is 1. The molecule has 1 heterocycles. The molecule has 0 aromatic rings. The van der Waals surface area contributed by atoms with Crippen molar-refractivity contribution in [3.63, 3.8) is 0 Å². The highest BCUT2D eigenvalue weighted by Crippen LogP contribution is 2.01. The Morgan fingerprint density at radius 3 is 1.80 bits per heavy atom. The third-order valence-electron chi connectivity index (χ3n) is 2.85. The largest absolute Gasteiger partial charge is 0.481 e. The molecule has 0 spiro atoms. The predicted octanol–water partition coefficient (Wildman–Crippen LogP) is -1.03. The normalized spacial score (nSPS) is 17.4. The summed E-state index contributed by atoms with van der Waals surface area (Å²) >= 11 is 0. The SMILES string of the molecule is CCC(=O)O.O=S(=O)(O)CCN1CCN(CCO)CC1. The summed E-state index contributed by atoms with van der Waals surface area (Å²) in [5, 5.41) is 16.4. The summed E-state index contributed by atoms with van der Waals surface area (Å²) in [5.41, 5.74) is 0. The van der Waals surface area contributed by atoms with Crippen molar-refractivity contribution in [3.8, 4) is 0 Å². The molecular weight excluding hydrogens is 288 g/mol. The van der Waals surface area contributed by atoms with Crippen molar-refractivity contribution in [1.82, 2.24) is 9.80 Å². The highest BCUT2D eigenvalue weighted by molar-refractivity contribution is 7.85. The van der Waals surface area contributed by atoms with Crippen LogP contribution >= 0.6 is 0 Å². The molecule has 0 aromatic heterocycles. The van der Waals surface area contributed by atoms with E-state index in [9.17, 15) is 13.2 Å². The maximum atomic E-state index is 10.5. The topological polar surface area (TPSA) is 118 Å². The zero-order chi connectivity index (χ0) is 15.6. The van der Waals surface area contributed by atoms with Gasteiger partial charge < -0.3 is 10.2 Å². The number of aliphatic hydroxyl groups excluding tert-OH is 1. The Morgan fingerprint density at radius 1 is 1.10 bits per heavy atom. The lowest BCUT2D eigenvalue weighted by molar-refractivity contribution is -0.136. The lowest BCUT2D eigenvalue weighted by Crippen LogP contribution is -2.48. The molecule has 0 aromatic carbocycles. The Bertz CT molecular complexity index is 365. The number of carbonyl (C=O) groups is 1. The summed E-state index contributed by atoms with van der Waals surface area (Å²) < 4.78 is 29.6. The van der Waals surface area contributed by atoms with Crippen LogP contribution in [0.25, 0.3) is 0 Å². The van der Waals surface area contributed by atoms with E-state index in [1.807, 2.05) is 4.90 Å². The van der Waals surface area contributed by atoms with Crippen LogP contribution in [-0.4, -0.2) is 90.6 Å². The number of β-amino-alcohol motifs (C(OH)–C–C–N with tert-alkyl or cyclic N) is 1. The maximum absolute atomic E-state index is 10.5. The lowest BCUT2D eigenvalue weighted by Gasteiger charge is -2.33. The summed E-state index contributed by atoms with van der Waals surface area (Å²) in [4.78, 5) is 13.5. The Hall–Kier alpha value is -0.740. The van der Waals surface area contributed by atoms with Crippen LogP contribution in [0.15, 0.2) is 0 Å². The molecule has 3 N–H and O–H groups in total. The van der Waals surface area contributed by atoms with E-state index < -0.39 is 16.1 Å². The van der Waals surface area contributed by atoms with Gasteiger partial charge in [0.1, 0.15) is 0 Å². The summed E-state index contributed by atoms with van der Waals surface area (Å²) in [7, 11) is -3.84. The zero-order valence-corrected chi connectivity index (χ0v) is 12.5. The van der Waals surface area contributed by atoms with Gasteiger partial charge in [0.05, 0.1) is 12.4 Å². The monoisotopic (exact) mass is 312 g/mol. The first-order chi connectivity index (χ1) is 9.28. The first-order valence-electron chi connectivity index (χ1n) is 6.51. The molecule has 1 aliphatic rings. The fourth-order valence-corrected chi connectivity index (χ4v) is 2.11. The molecule has 0 amide bonds. The van der Waals surface area contributed by atoms with E-state index in [0.717, 1.165) is 26.2 Å². The summed E-state index contributed by atoms with van der Waals surface area (Å²) in [6.45, 7) is 6.06. The number of piperazine rings is 1. The molecular formula is C11H24N2O6S. The van der Waals surface area contributed by atoms with Gasteiger partial charge >= 0.3 is 5.97 Å². The van der Waals surface area contributed by atoms with Crippen molar-refractivity contribution in [3.05, 3.63) is 0 Å². The van der Waals surface area contributed by atoms with Crippen LogP contribution in [0.1, 0.15) is 13.3 Å². The molecule has 1 fully saturated rings. The third kappa shape index (κ3) is 11.1. The van der Waals surface area contributed by atoms with Gasteiger partial charge in [-0.1, -0.05) is 6.92 Å². The number of nitrogens with zero attached hydrogens (tertiary/aromatic N) is 2. The van der Waals surface area contributed by atoms with E-state index in [1.54, 1.807) is 6.92 Å². The number of carboxylic acid groups (broad SMARTS) is 1. The van der Waals surface area contributed by atoms with Gasteiger partial charge in [-0.2, -0.15) is 8.42 Å². The average Bonchev–Trinajstić information content (AvgIpc) is 2.38. The van der Waals surface area contributed by atoms with E-state index >= 15 is 0 Å². The molecule has 8 nitrogen and oxygen atoms in total. The van der Waals surface area contributed by atoms with E-state index in [2.05, 4.69) is 4.90 Å². The number of aliphatic carboxylic acids is 1. The first-order valence-corrected chi connectivity index (χ1v) is 8.12. The molecule has 0 atom stereocenters. The fraction of sp³-hybridized carbons (Fsp3) is 0.909. The molecule has 0 radical (unpaired) electrons. The Balaban J connectivity index is 0.000000621. The van der Waals surface area contributed by atoms with Gasteiger partial charge in [-0.3, -0.25) is 19.1 Å². The maximum Gasteiger partial charge on any atom is 0.303 e. The van der Waals surface area contributed by atoms with Crippen LogP contribution in [0.5, 0.6) is 0 Å². The highest BCUT2D eigenvalue weighted by Gasteiger charge is 2.17. The second-order valence-electron chi connectivity index (χ2n) is 4.44. The number of hydrogen-bond acceptors (Lipinski definition) is 6. The smallest absolute Gasteiger partial charge is 0.303 e. The van der Waals surface area contributed by atoms with Crippen molar-refractivity contribution in [2.45, 2.75) is 13.3 Å². The molecule has 120 valence electrons. The highest BCUT2D eigenvalue weighted by atomic mass is 32.2. The summed E-state index contributed by atoms with van der Waals surface area (Å²) in [6, 6.07) is 0. The van der Waals surface area contributed by atoms with Crippen LogP contribution in [0.4, 0.5) is 0 Å². The van der Waals surface area contributed by atoms with Gasteiger partial charge in [-0.25, -0.2) is 0 Å². The predicted molar refractivity (Wildman–Crippen MR) is 74.3 cm³/mol. The number of aliphatic hydroxyl groups is 1. The molecule has 0 aliphatic carbocycles. The van der Waals surface area contributed by atoms with Crippen LogP contribution < -0.4 is 0 Å². The van der Waals surface area contributed by atoms with Crippen molar-refractivity contribution < 1.29 is 28.0 Å². The minimum atomic E-state index is -3.84. The van der Waals surface area contributed by atoms with Crippen molar-refractivity contribution >= 4 is 16.1 Å². The van der Waals surface area contributed by atoms with Gasteiger partial charge in [-0.05, 0) is 0 Å². The van der Waals surface area contributed by atoms with Gasteiger partial charge in [0.15, 0.2) is 0 Å².